The Labute approximate surface area is 66.8 Å². The van der Waals surface area contributed by atoms with E-state index in [4.69, 9.17) is 17.3 Å². The van der Waals surface area contributed by atoms with Crippen molar-refractivity contribution in [3.8, 4) is 0 Å². The molecule has 0 aliphatic heterocycles. The van der Waals surface area contributed by atoms with Crippen LogP contribution in [-0.2, 0) is 9.53 Å². The minimum absolute atomic E-state index is 0.775. The second-order valence-electron chi connectivity index (χ2n) is 1.56. The van der Waals surface area contributed by atoms with Crippen molar-refractivity contribution in [2.75, 3.05) is 7.11 Å². The van der Waals surface area contributed by atoms with Gasteiger partial charge >= 0.3 is 5.97 Å². The minimum atomic E-state index is -2.94. The molecule has 2 N–H and O–H groups in total. The summed E-state index contributed by atoms with van der Waals surface area (Å²) in [5.41, 5.74) is 3.76. The van der Waals surface area contributed by atoms with Gasteiger partial charge in [-0.25, -0.2) is 13.6 Å². The maximum Gasteiger partial charge on any atom is 0.351 e. The van der Waals surface area contributed by atoms with Crippen LogP contribution in [0.5, 0.6) is 0 Å². The number of carbonyl (C=O) groups is 1. The summed E-state index contributed by atoms with van der Waals surface area (Å²) < 4.78 is 27.4. The number of hydrogen-bond donors (Lipinski definition) is 1. The Morgan fingerprint density at radius 2 is 2.09 bits per heavy atom. The summed E-state index contributed by atoms with van der Waals surface area (Å²) in [6.07, 6.45) is -2.94. The lowest BCUT2D eigenvalue weighted by molar-refractivity contribution is -0.135. The predicted octanol–water partition coefficient (Wildman–Crippen LogP) is 0.834. The number of esters is 1. The van der Waals surface area contributed by atoms with Crippen molar-refractivity contribution in [3.05, 3.63) is 10.7 Å². The monoisotopic (exact) mass is 185 g/mol. The zero-order valence-corrected chi connectivity index (χ0v) is 6.36. The Bertz CT molecular complexity index is 193. The Morgan fingerprint density at radius 1 is 1.64 bits per heavy atom. The standard InChI is InChI=1S/C5H6ClF2NO2/c1-11-5(10)2(6)3(9)4(7)8/h4H,9H2,1H3/b3-2+. The first kappa shape index (κ1) is 10.2. The molecular formula is C5H6ClF2NO2. The van der Waals surface area contributed by atoms with E-state index < -0.39 is 23.1 Å². The van der Waals surface area contributed by atoms with Crippen LogP contribution in [0.1, 0.15) is 0 Å². The van der Waals surface area contributed by atoms with Crippen molar-refractivity contribution >= 4 is 17.6 Å². The first-order chi connectivity index (χ1) is 5.00. The van der Waals surface area contributed by atoms with Crippen molar-refractivity contribution in [1.29, 1.82) is 0 Å². The molecule has 0 amide bonds. The van der Waals surface area contributed by atoms with Gasteiger partial charge in [0.25, 0.3) is 6.43 Å². The molecule has 11 heavy (non-hydrogen) atoms. The van der Waals surface area contributed by atoms with E-state index in [2.05, 4.69) is 4.74 Å². The quantitative estimate of drug-likeness (QED) is 0.512. The van der Waals surface area contributed by atoms with Crippen LogP contribution in [0.4, 0.5) is 8.78 Å². The molecule has 0 fully saturated rings. The molecule has 0 saturated heterocycles. The van der Waals surface area contributed by atoms with Crippen molar-refractivity contribution in [3.63, 3.8) is 0 Å². The highest BCUT2D eigenvalue weighted by Crippen LogP contribution is 2.13. The fraction of sp³-hybridized carbons (Fsp3) is 0.400. The largest absolute Gasteiger partial charge is 0.465 e. The summed E-state index contributed by atoms with van der Waals surface area (Å²) in [6, 6.07) is 0. The molecule has 64 valence electrons. The predicted molar refractivity (Wildman–Crippen MR) is 35.1 cm³/mol. The van der Waals surface area contributed by atoms with Gasteiger partial charge in [-0.15, -0.1) is 0 Å². The van der Waals surface area contributed by atoms with Gasteiger partial charge in [0, 0.05) is 0 Å². The van der Waals surface area contributed by atoms with Gasteiger partial charge in [0.05, 0.1) is 7.11 Å². The fourth-order valence-corrected chi connectivity index (χ4v) is 0.463. The molecule has 0 spiro atoms. The molecular weight excluding hydrogens is 180 g/mol. The van der Waals surface area contributed by atoms with Gasteiger partial charge in [0.2, 0.25) is 0 Å². The van der Waals surface area contributed by atoms with E-state index in [0.29, 0.717) is 0 Å². The third-order valence-corrected chi connectivity index (χ3v) is 1.23. The fourth-order valence-electron chi connectivity index (χ4n) is 0.303. The van der Waals surface area contributed by atoms with E-state index in [-0.39, 0.29) is 0 Å². The lowest BCUT2D eigenvalue weighted by atomic mass is 10.4. The summed E-state index contributed by atoms with van der Waals surface area (Å²) in [4.78, 5) is 10.4. The van der Waals surface area contributed by atoms with Gasteiger partial charge in [-0.2, -0.15) is 0 Å². The van der Waals surface area contributed by atoms with Gasteiger partial charge < -0.3 is 10.5 Å². The van der Waals surface area contributed by atoms with Crippen LogP contribution in [0.25, 0.3) is 0 Å². The Kier molecular flexibility index (Phi) is 3.81. The van der Waals surface area contributed by atoms with Gasteiger partial charge in [-0.1, -0.05) is 11.6 Å². The van der Waals surface area contributed by atoms with Gasteiger partial charge in [-0.3, -0.25) is 0 Å². The van der Waals surface area contributed by atoms with E-state index >= 15 is 0 Å². The van der Waals surface area contributed by atoms with Crippen LogP contribution in [0, 0.1) is 0 Å². The van der Waals surface area contributed by atoms with E-state index in [1.54, 1.807) is 0 Å². The molecule has 0 aromatic heterocycles. The maximum atomic E-state index is 11.7. The van der Waals surface area contributed by atoms with E-state index in [1.165, 1.54) is 0 Å². The minimum Gasteiger partial charge on any atom is -0.465 e. The topological polar surface area (TPSA) is 52.3 Å². The molecule has 0 aromatic rings. The van der Waals surface area contributed by atoms with Crippen LogP contribution in [0.3, 0.4) is 0 Å². The molecule has 0 radical (unpaired) electrons. The Morgan fingerprint density at radius 3 is 2.36 bits per heavy atom. The smallest absolute Gasteiger partial charge is 0.351 e. The van der Waals surface area contributed by atoms with E-state index in [9.17, 15) is 13.6 Å². The first-order valence-electron chi connectivity index (χ1n) is 2.52. The van der Waals surface area contributed by atoms with Gasteiger partial charge in [-0.05, 0) is 0 Å². The highest BCUT2D eigenvalue weighted by atomic mass is 35.5. The van der Waals surface area contributed by atoms with Crippen LogP contribution in [0.2, 0.25) is 0 Å². The number of nitrogens with two attached hydrogens (primary N) is 1. The number of alkyl halides is 2. The maximum absolute atomic E-state index is 11.7. The third kappa shape index (κ3) is 2.71. The summed E-state index contributed by atoms with van der Waals surface area (Å²) in [5.74, 6) is -1.07. The zero-order chi connectivity index (χ0) is 9.02. The SMILES string of the molecule is COC(=O)/C(Cl)=C(\N)C(F)F. The molecule has 0 bridgehead atoms. The van der Waals surface area contributed by atoms with Crippen molar-refractivity contribution in [1.82, 2.24) is 0 Å². The summed E-state index contributed by atoms with van der Waals surface area (Å²) in [7, 11) is 1.02. The molecule has 0 unspecified atom stereocenters. The van der Waals surface area contributed by atoms with Crippen molar-refractivity contribution < 1.29 is 18.3 Å². The summed E-state index contributed by atoms with van der Waals surface area (Å²) in [5, 5.41) is -0.775. The average molecular weight is 186 g/mol. The first-order valence-corrected chi connectivity index (χ1v) is 2.90. The number of methoxy groups -OCH3 is 1. The lowest BCUT2D eigenvalue weighted by Gasteiger charge is -2.01. The van der Waals surface area contributed by atoms with Crippen LogP contribution >= 0.6 is 11.6 Å². The molecule has 0 atom stereocenters. The zero-order valence-electron chi connectivity index (χ0n) is 5.61. The summed E-state index contributed by atoms with van der Waals surface area (Å²) in [6.45, 7) is 0. The Hall–Kier alpha value is -0.840. The molecule has 3 nitrogen and oxygen atoms in total. The number of ether oxygens (including phenoxy) is 1. The number of carbonyl (C=O) groups excluding carboxylic acids is 1. The number of rotatable bonds is 2. The number of hydrogen-bond acceptors (Lipinski definition) is 3. The molecule has 0 aromatic carbocycles. The highest BCUT2D eigenvalue weighted by Gasteiger charge is 2.17. The normalized spacial score (nSPS) is 12.8. The van der Waals surface area contributed by atoms with Crippen LogP contribution in [0.15, 0.2) is 10.7 Å². The molecule has 0 aliphatic rings. The van der Waals surface area contributed by atoms with Crippen LogP contribution in [-0.4, -0.2) is 19.5 Å². The molecule has 0 heterocycles. The van der Waals surface area contributed by atoms with Crippen molar-refractivity contribution in [2.45, 2.75) is 6.43 Å². The second kappa shape index (κ2) is 4.12. The third-order valence-electron chi connectivity index (χ3n) is 0.853. The number of halogens is 3. The molecule has 0 saturated carbocycles. The van der Waals surface area contributed by atoms with Gasteiger partial charge in [0.15, 0.2) is 5.03 Å². The lowest BCUT2D eigenvalue weighted by Crippen LogP contribution is -2.14. The van der Waals surface area contributed by atoms with Gasteiger partial charge in [0.1, 0.15) is 5.70 Å². The highest BCUT2D eigenvalue weighted by molar-refractivity contribution is 6.41. The molecule has 0 aliphatic carbocycles. The Balaban J connectivity index is 4.52. The van der Waals surface area contributed by atoms with E-state index in [0.717, 1.165) is 7.11 Å². The number of allylic oxidation sites excluding steroid dienone is 1. The van der Waals surface area contributed by atoms with E-state index in [1.807, 2.05) is 0 Å². The van der Waals surface area contributed by atoms with Crippen molar-refractivity contribution in [2.24, 2.45) is 5.73 Å². The average Bonchev–Trinajstić information content (AvgIpc) is 2.00. The molecule has 0 rings (SSSR count). The summed E-state index contributed by atoms with van der Waals surface area (Å²) >= 11 is 5.08. The van der Waals surface area contributed by atoms with Crippen LogP contribution < -0.4 is 5.73 Å². The second-order valence-corrected chi connectivity index (χ2v) is 1.94. The molecule has 6 heteroatoms.